The van der Waals surface area contributed by atoms with E-state index in [1.54, 1.807) is 18.5 Å². The van der Waals surface area contributed by atoms with E-state index < -0.39 is 0 Å². The predicted molar refractivity (Wildman–Crippen MR) is 110 cm³/mol. The average Bonchev–Trinajstić information content (AvgIpc) is 2.74. The molecule has 4 rings (SSSR count). The number of amides is 1. The van der Waals surface area contributed by atoms with Gasteiger partial charge in [0.1, 0.15) is 17.5 Å². The molecule has 1 amide bonds. The van der Waals surface area contributed by atoms with Gasteiger partial charge in [-0.05, 0) is 38.3 Å². The van der Waals surface area contributed by atoms with E-state index in [-0.39, 0.29) is 5.91 Å². The first-order valence-electron chi connectivity index (χ1n) is 9.86. The first-order valence-corrected chi connectivity index (χ1v) is 10.2. The van der Waals surface area contributed by atoms with Gasteiger partial charge < -0.3 is 14.7 Å². The average molecular weight is 401 g/mol. The van der Waals surface area contributed by atoms with Crippen LogP contribution in [0.4, 0.5) is 11.6 Å². The number of hydrogen-bond donors (Lipinski definition) is 0. The van der Waals surface area contributed by atoms with E-state index in [9.17, 15) is 4.79 Å². The SMILES string of the molecule is Cc1nccc(N2CCN(c3ncc(C(=O)N4CCCCC4)cc3Cl)CC2)n1. The van der Waals surface area contributed by atoms with Gasteiger partial charge in [-0.1, -0.05) is 11.6 Å². The molecule has 0 unspecified atom stereocenters. The maximum atomic E-state index is 12.7. The Bertz CT molecular complexity index is 846. The highest BCUT2D eigenvalue weighted by Gasteiger charge is 2.23. The number of pyridine rings is 1. The van der Waals surface area contributed by atoms with Crippen molar-refractivity contribution in [3.8, 4) is 0 Å². The standard InChI is InChI=1S/C20H25ClN6O/c1-15-22-6-5-18(24-15)25-9-11-26(12-10-25)19-17(21)13-16(14-23-19)20(28)27-7-3-2-4-8-27/h5-6,13-14H,2-4,7-12H2,1H3. The number of carbonyl (C=O) groups excluding carboxylic acids is 1. The number of piperazine rings is 1. The van der Waals surface area contributed by atoms with Crippen LogP contribution in [0, 0.1) is 6.92 Å². The van der Waals surface area contributed by atoms with Crippen molar-refractivity contribution in [1.82, 2.24) is 19.9 Å². The van der Waals surface area contributed by atoms with Crippen LogP contribution in [0.3, 0.4) is 0 Å². The van der Waals surface area contributed by atoms with Crippen molar-refractivity contribution < 1.29 is 4.79 Å². The van der Waals surface area contributed by atoms with E-state index in [2.05, 4.69) is 24.8 Å². The molecule has 2 fully saturated rings. The number of rotatable bonds is 3. The summed E-state index contributed by atoms with van der Waals surface area (Å²) in [5.74, 6) is 2.51. The second-order valence-corrected chi connectivity index (χ2v) is 7.73. The van der Waals surface area contributed by atoms with Crippen molar-refractivity contribution in [3.05, 3.63) is 40.9 Å². The molecule has 0 radical (unpaired) electrons. The Hall–Kier alpha value is -2.41. The lowest BCUT2D eigenvalue weighted by atomic mass is 10.1. The summed E-state index contributed by atoms with van der Waals surface area (Å²) >= 11 is 6.51. The van der Waals surface area contributed by atoms with Gasteiger partial charge in [0.15, 0.2) is 0 Å². The zero-order valence-electron chi connectivity index (χ0n) is 16.1. The third kappa shape index (κ3) is 4.04. The Kier molecular flexibility index (Phi) is 5.62. The molecule has 0 N–H and O–H groups in total. The van der Waals surface area contributed by atoms with Crippen molar-refractivity contribution in [2.45, 2.75) is 26.2 Å². The first-order chi connectivity index (χ1) is 13.6. The number of nitrogens with zero attached hydrogens (tertiary/aromatic N) is 6. The summed E-state index contributed by atoms with van der Waals surface area (Å²) < 4.78 is 0. The summed E-state index contributed by atoms with van der Waals surface area (Å²) in [6, 6.07) is 3.70. The molecule has 0 aliphatic carbocycles. The van der Waals surface area contributed by atoms with Gasteiger partial charge in [0.2, 0.25) is 0 Å². The maximum absolute atomic E-state index is 12.7. The number of halogens is 1. The van der Waals surface area contributed by atoms with E-state index in [4.69, 9.17) is 11.6 Å². The highest BCUT2D eigenvalue weighted by Crippen LogP contribution is 2.27. The van der Waals surface area contributed by atoms with E-state index in [1.807, 2.05) is 17.9 Å². The van der Waals surface area contributed by atoms with E-state index in [0.29, 0.717) is 10.6 Å². The third-order valence-electron chi connectivity index (χ3n) is 5.38. The first kappa shape index (κ1) is 18.9. The molecule has 0 atom stereocenters. The minimum Gasteiger partial charge on any atom is -0.353 e. The smallest absolute Gasteiger partial charge is 0.255 e. The minimum absolute atomic E-state index is 0.0320. The Morgan fingerprint density at radius 3 is 2.39 bits per heavy atom. The summed E-state index contributed by atoms with van der Waals surface area (Å²) in [4.78, 5) is 32.2. The molecular weight excluding hydrogens is 376 g/mol. The number of anilines is 2. The largest absolute Gasteiger partial charge is 0.353 e. The van der Waals surface area contributed by atoms with Crippen LogP contribution in [-0.2, 0) is 0 Å². The van der Waals surface area contributed by atoms with Crippen LogP contribution >= 0.6 is 11.6 Å². The fraction of sp³-hybridized carbons (Fsp3) is 0.500. The number of aromatic nitrogens is 3. The summed E-state index contributed by atoms with van der Waals surface area (Å²) in [5.41, 5.74) is 0.575. The molecule has 2 aromatic rings. The fourth-order valence-corrected chi connectivity index (χ4v) is 4.11. The molecule has 2 aliphatic rings. The number of likely N-dealkylation sites (tertiary alicyclic amines) is 1. The fourth-order valence-electron chi connectivity index (χ4n) is 3.83. The van der Waals surface area contributed by atoms with Gasteiger partial charge in [0.25, 0.3) is 5.91 Å². The van der Waals surface area contributed by atoms with Crippen molar-refractivity contribution in [1.29, 1.82) is 0 Å². The molecule has 28 heavy (non-hydrogen) atoms. The van der Waals surface area contributed by atoms with Crippen LogP contribution in [0.2, 0.25) is 5.02 Å². The summed E-state index contributed by atoms with van der Waals surface area (Å²) in [6.07, 6.45) is 6.80. The molecule has 0 aromatic carbocycles. The van der Waals surface area contributed by atoms with Crippen LogP contribution in [-0.4, -0.2) is 65.0 Å². The Morgan fingerprint density at radius 1 is 1.00 bits per heavy atom. The van der Waals surface area contributed by atoms with Gasteiger partial charge in [-0.25, -0.2) is 15.0 Å². The van der Waals surface area contributed by atoms with Crippen molar-refractivity contribution in [3.63, 3.8) is 0 Å². The topological polar surface area (TPSA) is 65.5 Å². The molecule has 2 aliphatic heterocycles. The second kappa shape index (κ2) is 8.31. The van der Waals surface area contributed by atoms with Gasteiger partial charge in [-0.3, -0.25) is 4.79 Å². The van der Waals surface area contributed by atoms with Gasteiger partial charge in [0.05, 0.1) is 10.6 Å². The van der Waals surface area contributed by atoms with Crippen LogP contribution in [0.25, 0.3) is 0 Å². The van der Waals surface area contributed by atoms with Crippen LogP contribution < -0.4 is 9.80 Å². The van der Waals surface area contributed by atoms with E-state index >= 15 is 0 Å². The van der Waals surface area contributed by atoms with E-state index in [0.717, 1.165) is 69.6 Å². The van der Waals surface area contributed by atoms with Gasteiger partial charge in [-0.15, -0.1) is 0 Å². The number of carbonyl (C=O) groups is 1. The van der Waals surface area contributed by atoms with Crippen molar-refractivity contribution in [2.24, 2.45) is 0 Å². The van der Waals surface area contributed by atoms with Crippen molar-refractivity contribution >= 4 is 29.1 Å². The Balaban J connectivity index is 1.42. The zero-order valence-corrected chi connectivity index (χ0v) is 16.9. The Morgan fingerprint density at radius 2 is 1.71 bits per heavy atom. The monoisotopic (exact) mass is 400 g/mol. The lowest BCUT2D eigenvalue weighted by molar-refractivity contribution is 0.0724. The Labute approximate surface area is 170 Å². The number of piperidine rings is 1. The molecule has 7 nitrogen and oxygen atoms in total. The van der Waals surface area contributed by atoms with E-state index in [1.165, 1.54) is 6.42 Å². The van der Waals surface area contributed by atoms with Gasteiger partial charge in [-0.2, -0.15) is 0 Å². The zero-order chi connectivity index (χ0) is 19.5. The molecule has 4 heterocycles. The highest BCUT2D eigenvalue weighted by molar-refractivity contribution is 6.33. The van der Waals surface area contributed by atoms with Crippen LogP contribution in [0.15, 0.2) is 24.5 Å². The van der Waals surface area contributed by atoms with Crippen LogP contribution in [0.1, 0.15) is 35.4 Å². The summed E-state index contributed by atoms with van der Waals surface area (Å²) in [5, 5.41) is 0.536. The van der Waals surface area contributed by atoms with Gasteiger partial charge in [0, 0.05) is 51.7 Å². The third-order valence-corrected chi connectivity index (χ3v) is 5.65. The summed E-state index contributed by atoms with van der Waals surface area (Å²) in [6.45, 7) is 6.82. The molecule has 0 bridgehead atoms. The number of hydrogen-bond acceptors (Lipinski definition) is 6. The van der Waals surface area contributed by atoms with Crippen molar-refractivity contribution in [2.75, 3.05) is 49.1 Å². The summed E-state index contributed by atoms with van der Waals surface area (Å²) in [7, 11) is 0. The predicted octanol–water partition coefficient (Wildman–Crippen LogP) is 2.79. The molecule has 0 saturated carbocycles. The molecule has 2 saturated heterocycles. The highest BCUT2D eigenvalue weighted by atomic mass is 35.5. The minimum atomic E-state index is 0.0320. The molecular formula is C20H25ClN6O. The maximum Gasteiger partial charge on any atom is 0.255 e. The number of aryl methyl sites for hydroxylation is 1. The molecule has 2 aromatic heterocycles. The van der Waals surface area contributed by atoms with Gasteiger partial charge >= 0.3 is 0 Å². The lowest BCUT2D eigenvalue weighted by Crippen LogP contribution is -2.47. The molecule has 0 spiro atoms. The lowest BCUT2D eigenvalue weighted by Gasteiger charge is -2.36. The quantitative estimate of drug-likeness (QED) is 0.789. The normalized spacial score (nSPS) is 17.7. The molecule has 8 heteroatoms. The molecule has 148 valence electrons. The second-order valence-electron chi connectivity index (χ2n) is 7.32. The van der Waals surface area contributed by atoms with Crippen LogP contribution in [0.5, 0.6) is 0 Å².